The summed E-state index contributed by atoms with van der Waals surface area (Å²) in [6, 6.07) is 6.34. The maximum Gasteiger partial charge on any atom is 0.0408 e. The van der Waals surface area contributed by atoms with Gasteiger partial charge in [-0.05, 0) is 62.3 Å². The Morgan fingerprint density at radius 1 is 1.47 bits per heavy atom. The summed E-state index contributed by atoms with van der Waals surface area (Å²) in [5, 5.41) is 0.865. The molecule has 1 unspecified atom stereocenters. The first kappa shape index (κ1) is 12.4. The summed E-state index contributed by atoms with van der Waals surface area (Å²) < 4.78 is 0. The average Bonchev–Trinajstić information content (AvgIpc) is 2.71. The standard InChI is InChI=1S/C16H19Cl/c1-3-12(2)5-4-6-13-7-8-14-11-15(17)9-10-16(13)14/h3-5,9-11,13H,6-8H2,1-2H3/b5-4-,12-3-. The van der Waals surface area contributed by atoms with E-state index < -0.39 is 0 Å². The van der Waals surface area contributed by atoms with Gasteiger partial charge in [-0.1, -0.05) is 41.5 Å². The van der Waals surface area contributed by atoms with Crippen LogP contribution in [0.5, 0.6) is 0 Å². The molecule has 0 bridgehead atoms. The number of aryl methyl sites for hydroxylation is 1. The van der Waals surface area contributed by atoms with Crippen molar-refractivity contribution in [3.05, 3.63) is 58.1 Å². The highest BCUT2D eigenvalue weighted by Gasteiger charge is 2.21. The van der Waals surface area contributed by atoms with Gasteiger partial charge in [-0.3, -0.25) is 0 Å². The van der Waals surface area contributed by atoms with Crippen molar-refractivity contribution in [1.82, 2.24) is 0 Å². The maximum atomic E-state index is 6.01. The summed E-state index contributed by atoms with van der Waals surface area (Å²) in [7, 11) is 0. The summed E-state index contributed by atoms with van der Waals surface area (Å²) in [5.74, 6) is 0.683. The molecule has 1 aliphatic rings. The Morgan fingerprint density at radius 2 is 2.29 bits per heavy atom. The van der Waals surface area contributed by atoms with Crippen molar-refractivity contribution in [2.75, 3.05) is 0 Å². The van der Waals surface area contributed by atoms with Crippen LogP contribution in [-0.2, 0) is 6.42 Å². The van der Waals surface area contributed by atoms with E-state index in [0.29, 0.717) is 5.92 Å². The maximum absolute atomic E-state index is 6.01. The minimum absolute atomic E-state index is 0.683. The van der Waals surface area contributed by atoms with Crippen LogP contribution in [0.1, 0.15) is 43.7 Å². The largest absolute Gasteiger partial charge is 0.0847 e. The highest BCUT2D eigenvalue weighted by Crippen LogP contribution is 2.36. The third-order valence-electron chi connectivity index (χ3n) is 3.56. The van der Waals surface area contributed by atoms with Gasteiger partial charge in [-0.2, -0.15) is 0 Å². The van der Waals surface area contributed by atoms with Crippen LogP contribution >= 0.6 is 11.6 Å². The Balaban J connectivity index is 2.05. The lowest BCUT2D eigenvalue weighted by Crippen LogP contribution is -1.91. The Bertz CT molecular complexity index is 455. The topological polar surface area (TPSA) is 0 Å². The van der Waals surface area contributed by atoms with Gasteiger partial charge in [0.2, 0.25) is 0 Å². The van der Waals surface area contributed by atoms with E-state index in [2.05, 4.69) is 44.2 Å². The number of allylic oxidation sites excluding steroid dienone is 4. The van der Waals surface area contributed by atoms with Crippen molar-refractivity contribution >= 4 is 11.6 Å². The van der Waals surface area contributed by atoms with E-state index in [9.17, 15) is 0 Å². The van der Waals surface area contributed by atoms with E-state index in [1.807, 2.05) is 6.07 Å². The van der Waals surface area contributed by atoms with Crippen LogP contribution in [-0.4, -0.2) is 0 Å². The molecule has 0 saturated carbocycles. The van der Waals surface area contributed by atoms with Crippen molar-refractivity contribution < 1.29 is 0 Å². The zero-order chi connectivity index (χ0) is 12.3. The molecule has 0 fully saturated rings. The van der Waals surface area contributed by atoms with E-state index in [0.717, 1.165) is 11.4 Å². The van der Waals surface area contributed by atoms with Gasteiger partial charge in [0.05, 0.1) is 0 Å². The number of fused-ring (bicyclic) bond motifs is 1. The van der Waals surface area contributed by atoms with Gasteiger partial charge in [0.1, 0.15) is 0 Å². The van der Waals surface area contributed by atoms with E-state index in [-0.39, 0.29) is 0 Å². The molecule has 1 aromatic carbocycles. The van der Waals surface area contributed by atoms with Gasteiger partial charge in [0, 0.05) is 5.02 Å². The van der Waals surface area contributed by atoms with E-state index in [4.69, 9.17) is 11.6 Å². The minimum atomic E-state index is 0.683. The predicted molar refractivity (Wildman–Crippen MR) is 75.7 cm³/mol. The third-order valence-corrected chi connectivity index (χ3v) is 3.80. The van der Waals surface area contributed by atoms with Crippen molar-refractivity contribution in [1.29, 1.82) is 0 Å². The third kappa shape index (κ3) is 3.01. The van der Waals surface area contributed by atoms with E-state index in [1.165, 1.54) is 29.5 Å². The Morgan fingerprint density at radius 3 is 3.06 bits per heavy atom. The molecule has 1 aromatic rings. The monoisotopic (exact) mass is 246 g/mol. The van der Waals surface area contributed by atoms with Crippen LogP contribution in [0.2, 0.25) is 5.02 Å². The average molecular weight is 247 g/mol. The molecule has 0 N–H and O–H groups in total. The second-order valence-electron chi connectivity index (χ2n) is 4.75. The highest BCUT2D eigenvalue weighted by molar-refractivity contribution is 6.30. The highest BCUT2D eigenvalue weighted by atomic mass is 35.5. The molecule has 0 heterocycles. The molecule has 0 saturated heterocycles. The van der Waals surface area contributed by atoms with Crippen LogP contribution in [0.4, 0.5) is 0 Å². The molecule has 0 amide bonds. The van der Waals surface area contributed by atoms with E-state index in [1.54, 1.807) is 0 Å². The first-order valence-electron chi connectivity index (χ1n) is 6.28. The fourth-order valence-electron chi connectivity index (χ4n) is 2.43. The number of benzene rings is 1. The molecule has 1 atom stereocenters. The summed E-state index contributed by atoms with van der Waals surface area (Å²) in [6.07, 6.45) is 10.2. The molecule has 0 spiro atoms. The van der Waals surface area contributed by atoms with E-state index >= 15 is 0 Å². The van der Waals surface area contributed by atoms with Gasteiger partial charge >= 0.3 is 0 Å². The van der Waals surface area contributed by atoms with Gasteiger partial charge in [0.25, 0.3) is 0 Å². The molecular weight excluding hydrogens is 228 g/mol. The zero-order valence-corrected chi connectivity index (χ0v) is 11.3. The van der Waals surface area contributed by atoms with Crippen molar-refractivity contribution in [3.63, 3.8) is 0 Å². The Hall–Kier alpha value is -1.01. The molecule has 2 rings (SSSR count). The van der Waals surface area contributed by atoms with Crippen LogP contribution in [0.15, 0.2) is 42.0 Å². The zero-order valence-electron chi connectivity index (χ0n) is 10.5. The fraction of sp³-hybridized carbons (Fsp3) is 0.375. The molecule has 0 aliphatic heterocycles. The van der Waals surface area contributed by atoms with Gasteiger partial charge in [0.15, 0.2) is 0 Å². The number of halogens is 1. The predicted octanol–water partition coefficient (Wildman–Crippen LogP) is 5.28. The van der Waals surface area contributed by atoms with Crippen LogP contribution in [0, 0.1) is 0 Å². The normalized spacial score (nSPS) is 19.9. The second kappa shape index (κ2) is 5.55. The summed E-state index contributed by atoms with van der Waals surface area (Å²) >= 11 is 6.01. The van der Waals surface area contributed by atoms with Gasteiger partial charge < -0.3 is 0 Å². The Labute approximate surface area is 109 Å². The number of hydrogen-bond donors (Lipinski definition) is 0. The molecular formula is C16H19Cl. The van der Waals surface area contributed by atoms with Gasteiger partial charge in [-0.15, -0.1) is 0 Å². The van der Waals surface area contributed by atoms with Crippen molar-refractivity contribution in [3.8, 4) is 0 Å². The molecule has 1 aliphatic carbocycles. The van der Waals surface area contributed by atoms with Crippen LogP contribution in [0.25, 0.3) is 0 Å². The number of rotatable bonds is 3. The van der Waals surface area contributed by atoms with Crippen molar-refractivity contribution in [2.45, 2.75) is 39.0 Å². The molecule has 0 radical (unpaired) electrons. The Kier molecular flexibility index (Phi) is 4.06. The lowest BCUT2D eigenvalue weighted by Gasteiger charge is -2.08. The minimum Gasteiger partial charge on any atom is -0.0847 e. The lowest BCUT2D eigenvalue weighted by molar-refractivity contribution is 0.689. The SMILES string of the molecule is C/C=C(C)\C=C/CC1CCc2cc(Cl)ccc21. The lowest BCUT2D eigenvalue weighted by atomic mass is 9.97. The molecule has 0 nitrogen and oxygen atoms in total. The number of hydrogen-bond acceptors (Lipinski definition) is 0. The molecule has 1 heteroatoms. The van der Waals surface area contributed by atoms with Crippen molar-refractivity contribution in [2.24, 2.45) is 0 Å². The quantitative estimate of drug-likeness (QED) is 0.637. The first-order chi connectivity index (χ1) is 8.20. The smallest absolute Gasteiger partial charge is 0.0408 e. The molecule has 17 heavy (non-hydrogen) atoms. The summed E-state index contributed by atoms with van der Waals surface area (Å²) in [6.45, 7) is 4.21. The second-order valence-corrected chi connectivity index (χ2v) is 5.19. The van der Waals surface area contributed by atoms with Crippen LogP contribution < -0.4 is 0 Å². The molecule has 90 valence electrons. The summed E-state index contributed by atoms with van der Waals surface area (Å²) in [4.78, 5) is 0. The molecule has 0 aromatic heterocycles. The van der Waals surface area contributed by atoms with Crippen LogP contribution in [0.3, 0.4) is 0 Å². The fourth-order valence-corrected chi connectivity index (χ4v) is 2.63. The first-order valence-corrected chi connectivity index (χ1v) is 6.66. The van der Waals surface area contributed by atoms with Gasteiger partial charge in [-0.25, -0.2) is 0 Å². The summed E-state index contributed by atoms with van der Waals surface area (Å²) in [5.41, 5.74) is 4.27.